The fourth-order valence-electron chi connectivity index (χ4n) is 3.59. The van der Waals surface area contributed by atoms with Gasteiger partial charge in [0, 0.05) is 31.1 Å². The van der Waals surface area contributed by atoms with Crippen LogP contribution in [0, 0.1) is 11.3 Å². The van der Waals surface area contributed by atoms with E-state index in [0.717, 1.165) is 43.3 Å². The number of likely N-dealkylation sites (tertiary alicyclic amines) is 1. The lowest BCUT2D eigenvalue weighted by molar-refractivity contribution is -0.193. The first-order valence-corrected chi connectivity index (χ1v) is 11.5. The van der Waals surface area contributed by atoms with Crippen LogP contribution in [0.1, 0.15) is 23.5 Å². The fraction of sp³-hybridized carbons (Fsp3) is 0.476. The largest absolute Gasteiger partial charge is 0.490 e. The molecule has 2 unspecified atom stereocenters. The second-order valence-electron chi connectivity index (χ2n) is 8.05. The van der Waals surface area contributed by atoms with Gasteiger partial charge in [0.2, 0.25) is 0 Å². The van der Waals surface area contributed by atoms with Gasteiger partial charge in [-0.25, -0.2) is 19.6 Å². The highest BCUT2D eigenvalue weighted by Crippen LogP contribution is 2.36. The van der Waals surface area contributed by atoms with Crippen LogP contribution in [0.4, 0.5) is 32.2 Å². The minimum Gasteiger partial charge on any atom is -0.475 e. The summed E-state index contributed by atoms with van der Waals surface area (Å²) in [5, 5.41) is 29.8. The Bertz CT molecular complexity index is 1100. The van der Waals surface area contributed by atoms with Gasteiger partial charge in [-0.3, -0.25) is 4.90 Å². The van der Waals surface area contributed by atoms with E-state index < -0.39 is 24.3 Å². The number of hydrogen-bond acceptors (Lipinski definition) is 9. The summed E-state index contributed by atoms with van der Waals surface area (Å²) in [4.78, 5) is 28.9. The maximum atomic E-state index is 10.6. The first-order valence-electron chi connectivity index (χ1n) is 10.6. The number of halogens is 6. The van der Waals surface area contributed by atoms with Crippen molar-refractivity contribution in [2.75, 3.05) is 25.0 Å². The summed E-state index contributed by atoms with van der Waals surface area (Å²) in [6, 6.07) is 7.78. The molecule has 2 fully saturated rings. The van der Waals surface area contributed by atoms with Crippen molar-refractivity contribution in [2.24, 2.45) is 0 Å². The number of carboxylic acids is 2. The average molecular weight is 569 g/mol. The molecule has 0 aromatic carbocycles. The van der Waals surface area contributed by atoms with Gasteiger partial charge >= 0.3 is 24.3 Å². The number of aliphatic carboxylic acids is 2. The van der Waals surface area contributed by atoms with E-state index in [9.17, 15) is 26.3 Å². The maximum absolute atomic E-state index is 10.6. The third kappa shape index (κ3) is 9.76. The molecule has 2 aromatic heterocycles. The molecule has 2 aliphatic rings. The van der Waals surface area contributed by atoms with E-state index in [2.05, 4.69) is 26.3 Å². The Balaban J connectivity index is 0.000000301. The average Bonchev–Trinajstić information content (AvgIpc) is 3.57. The topological polar surface area (TPSA) is 149 Å². The van der Waals surface area contributed by atoms with Crippen molar-refractivity contribution in [1.29, 1.82) is 5.26 Å². The number of aromatic nitrogens is 2. The zero-order valence-electron chi connectivity index (χ0n) is 19.3. The summed E-state index contributed by atoms with van der Waals surface area (Å²) in [5.41, 5.74) is 0.381. The third-order valence-electron chi connectivity index (χ3n) is 5.15. The Morgan fingerprint density at radius 2 is 1.84 bits per heavy atom. The molecule has 0 amide bonds. The van der Waals surface area contributed by atoms with Crippen LogP contribution in [0.3, 0.4) is 0 Å². The van der Waals surface area contributed by atoms with Gasteiger partial charge in [0.1, 0.15) is 22.6 Å². The molecule has 0 aliphatic carbocycles. The first-order chi connectivity index (χ1) is 17.6. The van der Waals surface area contributed by atoms with Crippen molar-refractivity contribution < 1.29 is 50.9 Å². The van der Waals surface area contributed by atoms with Gasteiger partial charge in [-0.05, 0) is 18.6 Å². The van der Waals surface area contributed by atoms with Gasteiger partial charge in [0.25, 0.3) is 0 Å². The Kier molecular flexibility index (Phi) is 10.4. The quantitative estimate of drug-likeness (QED) is 0.467. The molecule has 2 atom stereocenters. The van der Waals surface area contributed by atoms with E-state index in [1.807, 2.05) is 23.7 Å². The molecular weight excluding hydrogens is 548 g/mol. The molecule has 2 aliphatic heterocycles. The number of hydrogen-bond donors (Lipinski definition) is 3. The van der Waals surface area contributed by atoms with Gasteiger partial charge in [-0.2, -0.15) is 31.6 Å². The number of thiazole rings is 1. The summed E-state index contributed by atoms with van der Waals surface area (Å²) < 4.78 is 69.7. The smallest absolute Gasteiger partial charge is 0.475 e. The van der Waals surface area contributed by atoms with E-state index in [4.69, 9.17) is 29.8 Å². The van der Waals surface area contributed by atoms with E-state index in [1.54, 1.807) is 17.4 Å². The van der Waals surface area contributed by atoms with E-state index in [0.29, 0.717) is 12.3 Å². The van der Waals surface area contributed by atoms with Gasteiger partial charge in [-0.1, -0.05) is 6.07 Å². The zero-order chi connectivity index (χ0) is 28.6. The molecule has 4 heterocycles. The third-order valence-corrected chi connectivity index (χ3v) is 5.91. The minimum atomic E-state index is -5.08. The Morgan fingerprint density at radius 3 is 2.37 bits per heavy atom. The maximum Gasteiger partial charge on any atom is 0.490 e. The Morgan fingerprint density at radius 1 is 1.21 bits per heavy atom. The van der Waals surface area contributed by atoms with Crippen LogP contribution in [0.5, 0.6) is 0 Å². The number of carboxylic acid groups (broad SMARTS) is 2. The fourth-order valence-corrected chi connectivity index (χ4v) is 4.25. The van der Waals surface area contributed by atoms with Crippen LogP contribution in [0.2, 0.25) is 0 Å². The highest BCUT2D eigenvalue weighted by molar-refractivity contribution is 7.09. The van der Waals surface area contributed by atoms with Crippen LogP contribution in [-0.4, -0.2) is 80.7 Å². The molecule has 10 nitrogen and oxygen atoms in total. The van der Waals surface area contributed by atoms with Gasteiger partial charge in [0.05, 0.1) is 24.8 Å². The minimum absolute atomic E-state index is 0.0538. The lowest BCUT2D eigenvalue weighted by Gasteiger charge is -2.23. The standard InChI is InChI=1S/C17H19N5OS.2C2HF3O2/c18-9-13-2-1-3-15(20-13)21-14-8-17(23-11-14)4-6-22(12-17)10-16-19-5-7-24-16;2*3-2(4,5)1(6)7/h1-3,5,7,14H,4,6,8,10-12H2,(H,20,21);2*(H,6,7). The highest BCUT2D eigenvalue weighted by Gasteiger charge is 2.45. The molecule has 208 valence electrons. The van der Waals surface area contributed by atoms with Crippen molar-refractivity contribution >= 4 is 29.1 Å². The normalized spacial score (nSPS) is 21.0. The summed E-state index contributed by atoms with van der Waals surface area (Å²) in [6.45, 7) is 3.60. The predicted octanol–water partition coefficient (Wildman–Crippen LogP) is 3.52. The monoisotopic (exact) mass is 569 g/mol. The zero-order valence-corrected chi connectivity index (χ0v) is 20.1. The Labute approximate surface area is 215 Å². The van der Waals surface area contributed by atoms with Gasteiger partial charge in [-0.15, -0.1) is 11.3 Å². The van der Waals surface area contributed by atoms with Crippen LogP contribution in [0.15, 0.2) is 29.8 Å². The predicted molar refractivity (Wildman–Crippen MR) is 119 cm³/mol. The lowest BCUT2D eigenvalue weighted by Crippen LogP contribution is -2.33. The SMILES string of the molecule is N#Cc1cccc(NC2COC3(CCN(Cc4nccs4)C3)C2)n1.O=C(O)C(F)(F)F.O=C(O)C(F)(F)F. The molecule has 1 spiro atoms. The van der Waals surface area contributed by atoms with Gasteiger partial charge < -0.3 is 20.3 Å². The summed E-state index contributed by atoms with van der Waals surface area (Å²) in [5.74, 6) is -4.77. The van der Waals surface area contributed by atoms with Crippen molar-refractivity contribution in [3.63, 3.8) is 0 Å². The number of nitrogens with zero attached hydrogens (tertiary/aromatic N) is 4. The molecule has 38 heavy (non-hydrogen) atoms. The second-order valence-corrected chi connectivity index (χ2v) is 9.03. The number of alkyl halides is 6. The van der Waals surface area contributed by atoms with Crippen LogP contribution in [-0.2, 0) is 20.9 Å². The molecule has 4 rings (SSSR count). The van der Waals surface area contributed by atoms with Crippen molar-refractivity contribution in [2.45, 2.75) is 43.4 Å². The molecule has 0 saturated carbocycles. The molecule has 0 bridgehead atoms. The molecular formula is C21H21F6N5O5S. The molecule has 2 aromatic rings. The number of ether oxygens (including phenoxy) is 1. The number of nitrogens with one attached hydrogen (secondary N) is 1. The number of carbonyl (C=O) groups is 2. The summed E-state index contributed by atoms with van der Waals surface area (Å²) in [6.07, 6.45) is -6.28. The summed E-state index contributed by atoms with van der Waals surface area (Å²) >= 11 is 1.71. The number of anilines is 1. The van der Waals surface area contributed by atoms with Crippen LogP contribution < -0.4 is 5.32 Å². The summed E-state index contributed by atoms with van der Waals surface area (Å²) in [7, 11) is 0. The molecule has 3 N–H and O–H groups in total. The van der Waals surface area contributed by atoms with Crippen LogP contribution in [0.25, 0.3) is 0 Å². The molecule has 0 radical (unpaired) electrons. The number of rotatable bonds is 4. The highest BCUT2D eigenvalue weighted by atomic mass is 32.1. The van der Waals surface area contributed by atoms with Crippen molar-refractivity contribution in [3.8, 4) is 6.07 Å². The van der Waals surface area contributed by atoms with E-state index in [1.165, 1.54) is 0 Å². The number of pyridine rings is 1. The molecule has 17 heteroatoms. The second kappa shape index (κ2) is 12.8. The first kappa shape index (κ1) is 30.7. The number of nitriles is 1. The lowest BCUT2D eigenvalue weighted by atomic mass is 9.97. The molecule has 2 saturated heterocycles. The van der Waals surface area contributed by atoms with E-state index >= 15 is 0 Å². The van der Waals surface area contributed by atoms with Crippen LogP contribution >= 0.6 is 11.3 Å². The van der Waals surface area contributed by atoms with Crippen molar-refractivity contribution in [3.05, 3.63) is 40.5 Å². The van der Waals surface area contributed by atoms with Gasteiger partial charge in [0.15, 0.2) is 0 Å². The van der Waals surface area contributed by atoms with Crippen molar-refractivity contribution in [1.82, 2.24) is 14.9 Å². The van der Waals surface area contributed by atoms with E-state index in [-0.39, 0.29) is 11.6 Å². The Hall–Kier alpha value is -3.49.